The fourth-order valence-electron chi connectivity index (χ4n) is 2.13. The summed E-state index contributed by atoms with van der Waals surface area (Å²) >= 11 is 0. The van der Waals surface area contributed by atoms with Gasteiger partial charge in [-0.15, -0.1) is 0 Å². The maximum Gasteiger partial charge on any atom is 0.335 e. The van der Waals surface area contributed by atoms with Gasteiger partial charge in [-0.05, 0) is 48.6 Å². The van der Waals surface area contributed by atoms with Crippen LogP contribution < -0.4 is 10.2 Å². The Morgan fingerprint density at radius 2 is 1.83 bits per heavy atom. The van der Waals surface area contributed by atoms with Crippen LogP contribution in [0.4, 0.5) is 14.9 Å². The number of allylic oxidation sites excluding steroid dienone is 2. The van der Waals surface area contributed by atoms with Crippen molar-refractivity contribution in [2.45, 2.75) is 0 Å². The van der Waals surface area contributed by atoms with E-state index in [4.69, 9.17) is 4.42 Å². The molecule has 0 atom stereocenters. The summed E-state index contributed by atoms with van der Waals surface area (Å²) in [6.07, 6.45) is 5.79. The Morgan fingerprint density at radius 3 is 2.50 bits per heavy atom. The van der Waals surface area contributed by atoms with Crippen LogP contribution in [0.2, 0.25) is 0 Å². The summed E-state index contributed by atoms with van der Waals surface area (Å²) in [7, 11) is 0. The number of furan rings is 1. The number of rotatable bonds is 3. The average molecular weight is 326 g/mol. The van der Waals surface area contributed by atoms with Crippen molar-refractivity contribution < 1.29 is 23.2 Å². The van der Waals surface area contributed by atoms with Crippen LogP contribution in [0.15, 0.2) is 64.8 Å². The number of carbonyl (C=O) groups is 3. The highest BCUT2D eigenvalue weighted by Crippen LogP contribution is 2.20. The van der Waals surface area contributed by atoms with Gasteiger partial charge in [0.05, 0.1) is 12.0 Å². The van der Waals surface area contributed by atoms with E-state index in [2.05, 4.69) is 5.32 Å². The fraction of sp³-hybridized carbons (Fsp3) is 0. The summed E-state index contributed by atoms with van der Waals surface area (Å²) in [5.41, 5.74) is -0.0611. The lowest BCUT2D eigenvalue weighted by atomic mass is 10.1. The highest BCUT2D eigenvalue weighted by atomic mass is 19.1. The number of carbonyl (C=O) groups excluding carboxylic acids is 3. The Labute approximate surface area is 135 Å². The van der Waals surface area contributed by atoms with Crippen LogP contribution in [0.3, 0.4) is 0 Å². The van der Waals surface area contributed by atoms with E-state index in [0.717, 1.165) is 17.0 Å². The van der Waals surface area contributed by atoms with Gasteiger partial charge in [0.25, 0.3) is 11.8 Å². The van der Waals surface area contributed by atoms with E-state index in [1.165, 1.54) is 30.5 Å². The maximum atomic E-state index is 13.0. The number of urea groups is 1. The fourth-order valence-corrected chi connectivity index (χ4v) is 2.13. The molecule has 120 valence electrons. The van der Waals surface area contributed by atoms with Crippen LogP contribution in [0, 0.1) is 5.82 Å². The summed E-state index contributed by atoms with van der Waals surface area (Å²) < 4.78 is 18.1. The van der Waals surface area contributed by atoms with Crippen molar-refractivity contribution in [1.29, 1.82) is 0 Å². The molecule has 0 bridgehead atoms. The highest BCUT2D eigenvalue weighted by molar-refractivity contribution is 6.37. The monoisotopic (exact) mass is 326 g/mol. The standard InChI is InChI=1S/C17H11FN2O4/c18-11-6-8-12(9-7-11)20-16(22)14(15(21)19-17(20)23)5-1-3-13-4-2-10-24-13/h1-10H,(H,19,21,23). The molecule has 2 heterocycles. The van der Waals surface area contributed by atoms with Crippen LogP contribution >= 0.6 is 0 Å². The number of hydrogen-bond donors (Lipinski definition) is 1. The molecular weight excluding hydrogens is 315 g/mol. The van der Waals surface area contributed by atoms with Gasteiger partial charge in [-0.1, -0.05) is 6.08 Å². The minimum atomic E-state index is -0.885. The zero-order chi connectivity index (χ0) is 17.1. The van der Waals surface area contributed by atoms with E-state index in [9.17, 15) is 18.8 Å². The number of amides is 4. The summed E-state index contributed by atoms with van der Waals surface area (Å²) in [6.45, 7) is 0. The molecule has 0 aliphatic carbocycles. The molecule has 1 saturated heterocycles. The SMILES string of the molecule is O=C1NC(=O)N(c2ccc(F)cc2)C(=O)C1=CC=Cc1ccco1. The van der Waals surface area contributed by atoms with E-state index in [-0.39, 0.29) is 11.3 Å². The Balaban J connectivity index is 1.89. The summed E-state index contributed by atoms with van der Waals surface area (Å²) in [5, 5.41) is 2.07. The normalized spacial score (nSPS) is 17.0. The molecule has 7 heteroatoms. The number of benzene rings is 1. The number of halogens is 1. The van der Waals surface area contributed by atoms with E-state index in [0.29, 0.717) is 5.76 Å². The molecule has 1 N–H and O–H groups in total. The number of nitrogens with one attached hydrogen (secondary N) is 1. The average Bonchev–Trinajstić information content (AvgIpc) is 3.05. The first kappa shape index (κ1) is 15.4. The van der Waals surface area contributed by atoms with Gasteiger partial charge >= 0.3 is 6.03 Å². The molecule has 1 fully saturated rings. The third-order valence-electron chi connectivity index (χ3n) is 3.25. The van der Waals surface area contributed by atoms with Crippen LogP contribution in [0.25, 0.3) is 6.08 Å². The Morgan fingerprint density at radius 1 is 1.08 bits per heavy atom. The van der Waals surface area contributed by atoms with E-state index in [1.807, 2.05) is 0 Å². The number of nitrogens with zero attached hydrogens (tertiary/aromatic N) is 1. The zero-order valence-electron chi connectivity index (χ0n) is 12.2. The van der Waals surface area contributed by atoms with E-state index >= 15 is 0 Å². The lowest BCUT2D eigenvalue weighted by Crippen LogP contribution is -2.54. The highest BCUT2D eigenvalue weighted by Gasteiger charge is 2.36. The predicted molar refractivity (Wildman–Crippen MR) is 83.2 cm³/mol. The minimum Gasteiger partial charge on any atom is -0.465 e. The molecule has 1 aromatic heterocycles. The van der Waals surface area contributed by atoms with Crippen molar-refractivity contribution >= 4 is 29.6 Å². The Kier molecular flexibility index (Phi) is 4.07. The van der Waals surface area contributed by atoms with Crippen molar-refractivity contribution in [1.82, 2.24) is 5.32 Å². The third-order valence-corrected chi connectivity index (χ3v) is 3.25. The minimum absolute atomic E-state index is 0.160. The largest absolute Gasteiger partial charge is 0.465 e. The molecule has 0 saturated carbocycles. The van der Waals surface area contributed by atoms with Gasteiger partial charge in [0.1, 0.15) is 17.2 Å². The van der Waals surface area contributed by atoms with Gasteiger partial charge in [-0.3, -0.25) is 14.9 Å². The first-order valence-corrected chi connectivity index (χ1v) is 6.93. The maximum absolute atomic E-state index is 13.0. The van der Waals surface area contributed by atoms with Crippen LogP contribution in [0.5, 0.6) is 0 Å². The summed E-state index contributed by atoms with van der Waals surface area (Å²) in [4.78, 5) is 37.0. The van der Waals surface area contributed by atoms with E-state index < -0.39 is 23.7 Å². The van der Waals surface area contributed by atoms with Crippen molar-refractivity contribution in [2.24, 2.45) is 0 Å². The number of barbiturate groups is 1. The smallest absolute Gasteiger partial charge is 0.335 e. The number of hydrogen-bond acceptors (Lipinski definition) is 4. The molecule has 0 spiro atoms. The number of imide groups is 2. The first-order valence-electron chi connectivity index (χ1n) is 6.93. The van der Waals surface area contributed by atoms with Crippen molar-refractivity contribution in [2.75, 3.05) is 4.90 Å². The first-order chi connectivity index (χ1) is 11.6. The molecular formula is C17H11FN2O4. The summed E-state index contributed by atoms with van der Waals surface area (Å²) in [5.74, 6) is -1.55. The Bertz CT molecular complexity index is 851. The van der Waals surface area contributed by atoms with Gasteiger partial charge in [-0.25, -0.2) is 14.1 Å². The van der Waals surface area contributed by atoms with Crippen LogP contribution in [0.1, 0.15) is 5.76 Å². The lowest BCUT2D eigenvalue weighted by Gasteiger charge is -2.26. The predicted octanol–water partition coefficient (Wildman–Crippen LogP) is 2.64. The Hall–Kier alpha value is -3.48. The van der Waals surface area contributed by atoms with Crippen LogP contribution in [-0.4, -0.2) is 17.8 Å². The van der Waals surface area contributed by atoms with Gasteiger partial charge in [0.2, 0.25) is 0 Å². The lowest BCUT2D eigenvalue weighted by molar-refractivity contribution is -0.122. The molecule has 1 aliphatic heterocycles. The van der Waals surface area contributed by atoms with Crippen molar-refractivity contribution in [3.05, 3.63) is 72.0 Å². The zero-order valence-corrected chi connectivity index (χ0v) is 12.2. The quantitative estimate of drug-likeness (QED) is 0.694. The van der Waals surface area contributed by atoms with Crippen molar-refractivity contribution in [3.63, 3.8) is 0 Å². The van der Waals surface area contributed by atoms with Gasteiger partial charge in [0, 0.05) is 0 Å². The second-order valence-corrected chi connectivity index (χ2v) is 4.83. The van der Waals surface area contributed by atoms with Crippen molar-refractivity contribution in [3.8, 4) is 0 Å². The molecule has 0 unspecified atom stereocenters. The molecule has 4 amide bonds. The van der Waals surface area contributed by atoms with Gasteiger partial charge < -0.3 is 4.42 Å². The summed E-state index contributed by atoms with van der Waals surface area (Å²) in [6, 6.07) is 7.30. The molecule has 3 rings (SSSR count). The topological polar surface area (TPSA) is 79.6 Å². The second kappa shape index (κ2) is 6.33. The second-order valence-electron chi connectivity index (χ2n) is 4.83. The van der Waals surface area contributed by atoms with E-state index in [1.54, 1.807) is 18.2 Å². The number of anilines is 1. The molecule has 0 radical (unpaired) electrons. The molecule has 24 heavy (non-hydrogen) atoms. The van der Waals surface area contributed by atoms with Gasteiger partial charge in [0.15, 0.2) is 0 Å². The molecule has 1 aromatic carbocycles. The molecule has 1 aliphatic rings. The molecule has 2 aromatic rings. The van der Waals surface area contributed by atoms with Gasteiger partial charge in [-0.2, -0.15) is 0 Å². The molecule has 6 nitrogen and oxygen atoms in total. The van der Waals surface area contributed by atoms with Crippen LogP contribution in [-0.2, 0) is 9.59 Å². The third kappa shape index (κ3) is 3.00.